The number of methoxy groups -OCH3 is 1. The Morgan fingerprint density at radius 3 is 2.55 bits per heavy atom. The molecule has 0 saturated carbocycles. The highest BCUT2D eigenvalue weighted by Crippen LogP contribution is 2.26. The van der Waals surface area contributed by atoms with Crippen molar-refractivity contribution in [1.29, 1.82) is 0 Å². The molecule has 0 saturated heterocycles. The van der Waals surface area contributed by atoms with Gasteiger partial charge in [-0.1, -0.05) is 11.6 Å². The summed E-state index contributed by atoms with van der Waals surface area (Å²) in [5.74, 6) is 0.711. The fourth-order valence-electron chi connectivity index (χ4n) is 2.65. The van der Waals surface area contributed by atoms with Crippen LogP contribution in [0.5, 0.6) is 5.75 Å². The van der Waals surface area contributed by atoms with Crippen molar-refractivity contribution in [3.05, 3.63) is 52.3 Å². The minimum Gasteiger partial charge on any atom is -0.497 e. The zero-order valence-corrected chi connectivity index (χ0v) is 17.2. The maximum atomic E-state index is 12.5. The van der Waals surface area contributed by atoms with E-state index in [9.17, 15) is 9.59 Å². The molecule has 0 unspecified atom stereocenters. The molecule has 0 aliphatic heterocycles. The fraction of sp³-hybridized carbons (Fsp3) is 0.158. The highest BCUT2D eigenvalue weighted by atomic mass is 35.5. The van der Waals surface area contributed by atoms with E-state index in [0.717, 1.165) is 5.56 Å². The van der Waals surface area contributed by atoms with Crippen molar-refractivity contribution in [2.75, 3.05) is 17.7 Å². The van der Waals surface area contributed by atoms with Crippen LogP contribution in [0.15, 0.2) is 42.5 Å². The summed E-state index contributed by atoms with van der Waals surface area (Å²) in [5.41, 5.74) is 1.75. The van der Waals surface area contributed by atoms with Crippen LogP contribution in [0.3, 0.4) is 0 Å². The van der Waals surface area contributed by atoms with E-state index in [0.29, 0.717) is 32.7 Å². The van der Waals surface area contributed by atoms with Gasteiger partial charge < -0.3 is 15.4 Å². The number of hydrogen-bond acceptors (Lipinski definition) is 5. The molecule has 8 nitrogen and oxygen atoms in total. The quantitative estimate of drug-likeness (QED) is 0.514. The lowest BCUT2D eigenvalue weighted by Crippen LogP contribution is -2.19. The Morgan fingerprint density at radius 1 is 1.21 bits per heavy atom. The van der Waals surface area contributed by atoms with Gasteiger partial charge in [0.05, 0.1) is 17.8 Å². The molecule has 0 spiro atoms. The second-order valence-corrected chi connectivity index (χ2v) is 6.88. The Labute approximate surface area is 176 Å². The van der Waals surface area contributed by atoms with E-state index in [-0.39, 0.29) is 18.4 Å². The Balaban J connectivity index is 1.76. The van der Waals surface area contributed by atoms with Gasteiger partial charge in [0.1, 0.15) is 12.3 Å². The van der Waals surface area contributed by atoms with Gasteiger partial charge in [-0.25, -0.2) is 0 Å². The second-order valence-electron chi connectivity index (χ2n) is 6.09. The maximum Gasteiger partial charge on any atom is 0.244 e. The topological polar surface area (TPSA) is 101 Å². The molecule has 3 rings (SSSR count). The van der Waals surface area contributed by atoms with Crippen molar-refractivity contribution in [3.63, 3.8) is 0 Å². The van der Waals surface area contributed by atoms with E-state index in [4.69, 9.17) is 28.6 Å². The van der Waals surface area contributed by atoms with Gasteiger partial charge in [-0.05, 0) is 54.7 Å². The summed E-state index contributed by atoms with van der Waals surface area (Å²) in [7, 11) is 1.59. The Bertz CT molecular complexity index is 1110. The number of carbonyl (C=O) groups excluding carboxylic acids is 2. The molecule has 2 amide bonds. The SMILES string of the molecule is COc1ccc(-c2n[nH]c(=S)n2CC(=O)Nc2ccc(NC(C)=O)c(Cl)c2)cc1. The Kier molecular flexibility index (Phi) is 6.30. The van der Waals surface area contributed by atoms with Gasteiger partial charge in [-0.3, -0.25) is 19.3 Å². The van der Waals surface area contributed by atoms with Crippen LogP contribution >= 0.6 is 23.8 Å². The standard InChI is InChI=1S/C19H18ClN5O3S/c1-11(26)21-16-8-5-13(9-15(16)20)22-17(27)10-25-18(23-24-19(25)29)12-3-6-14(28-2)7-4-12/h3-9H,10H2,1-2H3,(H,21,26)(H,22,27)(H,24,29). The van der Waals surface area contributed by atoms with E-state index in [1.807, 2.05) is 12.1 Å². The van der Waals surface area contributed by atoms with Gasteiger partial charge in [-0.2, -0.15) is 5.10 Å². The van der Waals surface area contributed by atoms with Crippen LogP contribution in [-0.4, -0.2) is 33.7 Å². The van der Waals surface area contributed by atoms with Crippen LogP contribution in [0.4, 0.5) is 11.4 Å². The predicted octanol–water partition coefficient (Wildman–Crippen LogP) is 3.87. The van der Waals surface area contributed by atoms with Gasteiger partial charge >= 0.3 is 0 Å². The predicted molar refractivity (Wildman–Crippen MR) is 114 cm³/mol. The van der Waals surface area contributed by atoms with E-state index < -0.39 is 0 Å². The van der Waals surface area contributed by atoms with Crippen LogP contribution < -0.4 is 15.4 Å². The van der Waals surface area contributed by atoms with E-state index in [2.05, 4.69) is 20.8 Å². The number of anilines is 2. The van der Waals surface area contributed by atoms with Gasteiger partial charge in [0.15, 0.2) is 10.6 Å². The minimum absolute atomic E-state index is 0.0399. The van der Waals surface area contributed by atoms with E-state index >= 15 is 0 Å². The lowest BCUT2D eigenvalue weighted by molar-refractivity contribution is -0.117. The van der Waals surface area contributed by atoms with Gasteiger partial charge in [-0.15, -0.1) is 0 Å². The minimum atomic E-state index is -0.305. The molecule has 0 bridgehead atoms. The maximum absolute atomic E-state index is 12.5. The number of nitrogens with zero attached hydrogens (tertiary/aromatic N) is 2. The van der Waals surface area contributed by atoms with Crippen molar-refractivity contribution in [2.45, 2.75) is 13.5 Å². The van der Waals surface area contributed by atoms with E-state index in [1.54, 1.807) is 42.0 Å². The molecule has 0 fully saturated rings. The molecule has 0 radical (unpaired) electrons. The second kappa shape index (κ2) is 8.89. The molecule has 29 heavy (non-hydrogen) atoms. The molecule has 0 atom stereocenters. The molecular weight excluding hydrogens is 414 g/mol. The van der Waals surface area contributed by atoms with Crippen LogP contribution in [0.25, 0.3) is 11.4 Å². The largest absolute Gasteiger partial charge is 0.497 e. The van der Waals surface area contributed by atoms with Crippen LogP contribution in [0.1, 0.15) is 6.92 Å². The first-order valence-corrected chi connectivity index (χ1v) is 9.32. The van der Waals surface area contributed by atoms with E-state index in [1.165, 1.54) is 6.92 Å². The molecule has 2 aromatic carbocycles. The summed E-state index contributed by atoms with van der Waals surface area (Å²) in [4.78, 5) is 23.7. The average Bonchev–Trinajstić information content (AvgIpc) is 3.04. The van der Waals surface area contributed by atoms with Crippen LogP contribution in [0, 0.1) is 4.77 Å². The van der Waals surface area contributed by atoms with Crippen molar-refractivity contribution < 1.29 is 14.3 Å². The molecule has 3 N–H and O–H groups in total. The summed E-state index contributed by atoms with van der Waals surface area (Å²) >= 11 is 11.4. The lowest BCUT2D eigenvalue weighted by atomic mass is 10.2. The van der Waals surface area contributed by atoms with Crippen molar-refractivity contribution in [1.82, 2.24) is 14.8 Å². The number of rotatable bonds is 6. The van der Waals surface area contributed by atoms with Gasteiger partial charge in [0.2, 0.25) is 11.8 Å². The Hall–Kier alpha value is -3.17. The zero-order chi connectivity index (χ0) is 21.0. The third-order valence-electron chi connectivity index (χ3n) is 3.97. The van der Waals surface area contributed by atoms with Crippen molar-refractivity contribution in [2.24, 2.45) is 0 Å². The first-order chi connectivity index (χ1) is 13.9. The molecule has 1 aromatic heterocycles. The first kappa shape index (κ1) is 20.6. The van der Waals surface area contributed by atoms with Gasteiger partial charge in [0, 0.05) is 18.2 Å². The third-order valence-corrected chi connectivity index (χ3v) is 4.60. The number of amides is 2. The number of benzene rings is 2. The first-order valence-electron chi connectivity index (χ1n) is 8.54. The number of hydrogen-bond donors (Lipinski definition) is 3. The number of aromatic nitrogens is 3. The summed E-state index contributed by atoms with van der Waals surface area (Å²) < 4.78 is 7.08. The molecule has 10 heteroatoms. The number of halogens is 1. The molecule has 0 aliphatic rings. The van der Waals surface area contributed by atoms with Crippen molar-refractivity contribution >= 4 is 47.0 Å². The number of nitrogens with one attached hydrogen (secondary N) is 3. The fourth-order valence-corrected chi connectivity index (χ4v) is 3.08. The molecular formula is C19H18ClN5O3S. The van der Waals surface area contributed by atoms with Crippen LogP contribution in [0.2, 0.25) is 5.02 Å². The number of aromatic amines is 1. The third kappa shape index (κ3) is 5.01. The molecule has 0 aliphatic carbocycles. The zero-order valence-electron chi connectivity index (χ0n) is 15.7. The summed E-state index contributed by atoms with van der Waals surface area (Å²) in [6.07, 6.45) is 0. The number of ether oxygens (including phenoxy) is 1. The normalized spacial score (nSPS) is 10.4. The monoisotopic (exact) mass is 431 g/mol. The average molecular weight is 432 g/mol. The number of carbonyl (C=O) groups is 2. The Morgan fingerprint density at radius 2 is 1.93 bits per heavy atom. The van der Waals surface area contributed by atoms with Gasteiger partial charge in [0.25, 0.3) is 0 Å². The molecule has 3 aromatic rings. The highest BCUT2D eigenvalue weighted by Gasteiger charge is 2.13. The molecule has 150 valence electrons. The smallest absolute Gasteiger partial charge is 0.244 e. The summed E-state index contributed by atoms with van der Waals surface area (Å²) in [5, 5.41) is 12.6. The molecule has 1 heterocycles. The number of H-pyrrole nitrogens is 1. The summed E-state index contributed by atoms with van der Waals surface area (Å²) in [6.45, 7) is 1.35. The lowest BCUT2D eigenvalue weighted by Gasteiger charge is -2.10. The van der Waals surface area contributed by atoms with Crippen LogP contribution in [-0.2, 0) is 16.1 Å². The van der Waals surface area contributed by atoms with Crippen molar-refractivity contribution in [3.8, 4) is 17.1 Å². The highest BCUT2D eigenvalue weighted by molar-refractivity contribution is 7.71. The summed E-state index contributed by atoms with van der Waals surface area (Å²) in [6, 6.07) is 12.1.